The molecule has 0 saturated carbocycles. The maximum absolute atomic E-state index is 12.9. The minimum absolute atomic E-state index is 0.148. The summed E-state index contributed by atoms with van der Waals surface area (Å²) in [6.07, 6.45) is 85.6. The van der Waals surface area contributed by atoms with E-state index in [2.05, 4.69) is 86.8 Å². The average molecular weight is 1190 g/mol. The number of ether oxygens (including phenoxy) is 4. The molecule has 0 radical (unpaired) electrons. The smallest absolute Gasteiger partial charge is 0.306 e. The second-order valence-electron chi connectivity index (χ2n) is 25.5. The van der Waals surface area contributed by atoms with E-state index in [0.717, 1.165) is 64.2 Å². The maximum Gasteiger partial charge on any atom is 0.306 e. The first kappa shape index (κ1) is 81.7. The van der Waals surface area contributed by atoms with E-state index in [1.54, 1.807) is 0 Å². The number of carbonyl (C=O) groups excluding carboxylic acids is 3. The summed E-state index contributed by atoms with van der Waals surface area (Å²) >= 11 is 0. The van der Waals surface area contributed by atoms with Crippen molar-refractivity contribution in [2.75, 3.05) is 47.5 Å². The van der Waals surface area contributed by atoms with Gasteiger partial charge in [-0.05, 0) is 83.5 Å². The molecule has 0 aliphatic heterocycles. The van der Waals surface area contributed by atoms with Gasteiger partial charge in [0.25, 0.3) is 0 Å². The molecule has 0 amide bonds. The number of carbonyl (C=O) groups is 3. The highest BCUT2D eigenvalue weighted by molar-refractivity contribution is 5.70. The number of nitrogens with zero attached hydrogens (tertiary/aromatic N) is 1. The molecule has 0 fully saturated rings. The molecular weight excluding hydrogens is 1050 g/mol. The van der Waals surface area contributed by atoms with E-state index in [-0.39, 0.29) is 32.2 Å². The van der Waals surface area contributed by atoms with Crippen molar-refractivity contribution in [3.8, 4) is 0 Å². The SMILES string of the molecule is CC/C=C\C/C=C\C/C=C\C/C=C\CCCCCCCCCCCCCCCCCCC(=O)OC(COC(=O)CCCCCCCCCCCCCCCCCCCCC/C=C\C/C=C\CCCCCCC)COC(OCC[N+](C)(C)C)C(=O)[O-]. The molecule has 2 unspecified atom stereocenters. The van der Waals surface area contributed by atoms with Crippen molar-refractivity contribution in [3.05, 3.63) is 72.9 Å². The molecule has 0 N–H and O–H groups in total. The summed E-state index contributed by atoms with van der Waals surface area (Å²) in [4.78, 5) is 37.5. The molecule has 0 aromatic carbocycles. The number of hydrogen-bond acceptors (Lipinski definition) is 8. The van der Waals surface area contributed by atoms with Crippen LogP contribution in [-0.4, -0.2) is 82.3 Å². The number of rotatable bonds is 67. The lowest BCUT2D eigenvalue weighted by Gasteiger charge is -2.26. The van der Waals surface area contributed by atoms with Crippen molar-refractivity contribution in [3.63, 3.8) is 0 Å². The number of allylic oxidation sites excluding steroid dienone is 12. The molecule has 0 saturated heterocycles. The summed E-state index contributed by atoms with van der Waals surface area (Å²) in [6.45, 7) is 4.67. The lowest BCUT2D eigenvalue weighted by atomic mass is 10.0. The van der Waals surface area contributed by atoms with Crippen molar-refractivity contribution in [2.24, 2.45) is 0 Å². The number of hydrogen-bond donors (Lipinski definition) is 0. The van der Waals surface area contributed by atoms with Crippen LogP contribution in [0.15, 0.2) is 72.9 Å². The average Bonchev–Trinajstić information content (AvgIpc) is 3.48. The Bertz CT molecular complexity index is 1620. The van der Waals surface area contributed by atoms with Crippen molar-refractivity contribution >= 4 is 17.9 Å². The summed E-state index contributed by atoms with van der Waals surface area (Å²) in [5.74, 6) is -2.26. The minimum atomic E-state index is -1.62. The van der Waals surface area contributed by atoms with E-state index in [0.29, 0.717) is 23.9 Å². The van der Waals surface area contributed by atoms with Crippen LogP contribution in [0.3, 0.4) is 0 Å². The van der Waals surface area contributed by atoms with E-state index in [1.165, 1.54) is 238 Å². The van der Waals surface area contributed by atoms with Gasteiger partial charge in [0.05, 0.1) is 40.3 Å². The van der Waals surface area contributed by atoms with Gasteiger partial charge >= 0.3 is 11.9 Å². The first-order valence-corrected chi connectivity index (χ1v) is 36.1. The number of quaternary nitrogens is 1. The van der Waals surface area contributed by atoms with Crippen LogP contribution in [0.25, 0.3) is 0 Å². The van der Waals surface area contributed by atoms with Gasteiger partial charge in [0.1, 0.15) is 13.2 Å². The summed E-state index contributed by atoms with van der Waals surface area (Å²) in [7, 11) is 5.94. The molecule has 0 aliphatic rings. The zero-order valence-electron chi connectivity index (χ0n) is 56.5. The minimum Gasteiger partial charge on any atom is -0.545 e. The predicted octanol–water partition coefficient (Wildman–Crippen LogP) is 21.1. The van der Waals surface area contributed by atoms with Gasteiger partial charge in [0.15, 0.2) is 12.4 Å². The van der Waals surface area contributed by atoms with E-state index >= 15 is 0 Å². The quantitative estimate of drug-likeness (QED) is 0.0195. The zero-order valence-corrected chi connectivity index (χ0v) is 56.5. The molecule has 0 aliphatic carbocycles. The Kier molecular flexibility index (Phi) is 64.1. The Labute approximate surface area is 526 Å². The summed E-state index contributed by atoms with van der Waals surface area (Å²) < 4.78 is 22.8. The highest BCUT2D eigenvalue weighted by Crippen LogP contribution is 2.18. The Balaban J connectivity index is 4.06. The topological polar surface area (TPSA) is 111 Å². The van der Waals surface area contributed by atoms with Crippen LogP contribution in [0.1, 0.15) is 335 Å². The van der Waals surface area contributed by atoms with Gasteiger partial charge in [-0.15, -0.1) is 0 Å². The standard InChI is InChI=1S/C76H137NO8/c1-6-8-10-12-14-16-18-20-22-24-26-28-30-32-34-36-37-39-40-42-44-46-48-50-52-54-56-58-60-62-64-66-73(78)83-70-72(71-84-76(75(80)81)82-69-68-77(3,4)5)85-74(79)67-65-63-61-59-57-55-53-51-49-47-45-43-41-38-35-33-31-29-27-25-23-21-19-17-15-13-11-9-7-2/h9,11,15,17-18,20-21,23-24,26-27,29,72,76H,6-8,10,12-14,16,19,22,25,28,30-71H2,1-5H3/b11-9-,17-15-,20-18-,23-21-,26-24-,29-27-. The van der Waals surface area contributed by atoms with Gasteiger partial charge < -0.3 is 33.3 Å². The Morgan fingerprint density at radius 2 is 0.671 bits per heavy atom. The third kappa shape index (κ3) is 68.1. The fourth-order valence-electron chi connectivity index (χ4n) is 10.4. The summed E-state index contributed by atoms with van der Waals surface area (Å²) in [5, 5.41) is 11.8. The molecule has 9 heteroatoms. The highest BCUT2D eigenvalue weighted by atomic mass is 16.7. The number of unbranched alkanes of at least 4 members (excludes halogenated alkanes) is 40. The lowest BCUT2D eigenvalue weighted by Crippen LogP contribution is -2.44. The van der Waals surface area contributed by atoms with Gasteiger partial charge in [-0.25, -0.2) is 0 Å². The molecule has 0 bridgehead atoms. The number of likely N-dealkylation sites (N-methyl/N-ethyl adjacent to an activating group) is 1. The molecule has 0 spiro atoms. The maximum atomic E-state index is 12.9. The lowest BCUT2D eigenvalue weighted by molar-refractivity contribution is -0.870. The van der Waals surface area contributed by atoms with Crippen LogP contribution in [0.5, 0.6) is 0 Å². The van der Waals surface area contributed by atoms with Gasteiger partial charge in [-0.1, -0.05) is 311 Å². The predicted molar refractivity (Wildman–Crippen MR) is 361 cm³/mol. The molecule has 494 valence electrons. The molecule has 0 aromatic heterocycles. The summed E-state index contributed by atoms with van der Waals surface area (Å²) in [5.41, 5.74) is 0. The van der Waals surface area contributed by atoms with Crippen LogP contribution >= 0.6 is 0 Å². The highest BCUT2D eigenvalue weighted by Gasteiger charge is 2.22. The number of carboxylic acid groups (broad SMARTS) is 1. The van der Waals surface area contributed by atoms with Crippen molar-refractivity contribution in [2.45, 2.75) is 347 Å². The fraction of sp³-hybridized carbons (Fsp3) is 0.803. The second kappa shape index (κ2) is 66.7. The molecule has 0 aromatic rings. The molecule has 0 rings (SSSR count). The van der Waals surface area contributed by atoms with Crippen molar-refractivity contribution in [1.29, 1.82) is 0 Å². The third-order valence-electron chi connectivity index (χ3n) is 15.9. The number of aliphatic carboxylic acids is 1. The van der Waals surface area contributed by atoms with E-state index < -0.39 is 24.3 Å². The van der Waals surface area contributed by atoms with E-state index in [1.807, 2.05) is 21.1 Å². The third-order valence-corrected chi connectivity index (χ3v) is 15.9. The molecule has 85 heavy (non-hydrogen) atoms. The van der Waals surface area contributed by atoms with Crippen molar-refractivity contribution in [1.82, 2.24) is 0 Å². The summed E-state index contributed by atoms with van der Waals surface area (Å²) in [6, 6.07) is 0. The number of esters is 2. The van der Waals surface area contributed by atoms with Gasteiger partial charge in [0.2, 0.25) is 0 Å². The number of carboxylic acids is 1. The van der Waals surface area contributed by atoms with Crippen LogP contribution in [-0.2, 0) is 33.3 Å². The zero-order chi connectivity index (χ0) is 61.9. The van der Waals surface area contributed by atoms with Gasteiger partial charge in [0, 0.05) is 12.8 Å². The van der Waals surface area contributed by atoms with Crippen molar-refractivity contribution < 1.29 is 42.9 Å². The van der Waals surface area contributed by atoms with E-state index in [9.17, 15) is 19.5 Å². The molecule has 2 atom stereocenters. The normalized spacial score (nSPS) is 13.1. The Hall–Kier alpha value is -3.27. The Morgan fingerprint density at radius 3 is 1.00 bits per heavy atom. The van der Waals surface area contributed by atoms with Crippen LogP contribution in [0.4, 0.5) is 0 Å². The first-order valence-electron chi connectivity index (χ1n) is 36.1. The molecule has 0 heterocycles. The fourth-order valence-corrected chi connectivity index (χ4v) is 10.4. The first-order chi connectivity index (χ1) is 41.6. The van der Waals surface area contributed by atoms with Crippen LogP contribution in [0.2, 0.25) is 0 Å². The Morgan fingerprint density at radius 1 is 0.365 bits per heavy atom. The van der Waals surface area contributed by atoms with Gasteiger partial charge in [-0.2, -0.15) is 0 Å². The van der Waals surface area contributed by atoms with Crippen LogP contribution in [0, 0.1) is 0 Å². The second-order valence-corrected chi connectivity index (χ2v) is 25.5. The van der Waals surface area contributed by atoms with Gasteiger partial charge in [-0.3, -0.25) is 9.59 Å². The molecular formula is C76H137NO8. The monoisotopic (exact) mass is 1190 g/mol. The van der Waals surface area contributed by atoms with Crippen LogP contribution < -0.4 is 5.11 Å². The van der Waals surface area contributed by atoms with E-state index in [4.69, 9.17) is 18.9 Å². The largest absolute Gasteiger partial charge is 0.545 e. The molecule has 9 nitrogen and oxygen atoms in total.